The van der Waals surface area contributed by atoms with Gasteiger partial charge in [-0.1, -0.05) is 17.7 Å². The van der Waals surface area contributed by atoms with E-state index in [4.69, 9.17) is 11.6 Å². The number of rotatable bonds is 5. The zero-order valence-electron chi connectivity index (χ0n) is 10.3. The molecule has 7 nitrogen and oxygen atoms in total. The Morgan fingerprint density at radius 3 is 2.84 bits per heavy atom. The predicted octanol–water partition coefficient (Wildman–Crippen LogP) is 2.43. The van der Waals surface area contributed by atoms with E-state index in [-0.39, 0.29) is 18.0 Å². The molecule has 102 valence electrons. The van der Waals surface area contributed by atoms with Crippen LogP contribution in [0.5, 0.6) is 0 Å². The summed E-state index contributed by atoms with van der Waals surface area (Å²) in [6, 6.07) is 4.53. The van der Waals surface area contributed by atoms with Gasteiger partial charge in [0.05, 0.1) is 11.5 Å². The van der Waals surface area contributed by atoms with Gasteiger partial charge in [-0.3, -0.25) is 15.5 Å². The number of halogens is 1. The molecule has 0 fully saturated rings. The van der Waals surface area contributed by atoms with Crippen LogP contribution in [0.25, 0.3) is 0 Å². The molecule has 1 rings (SSSR count). The molecule has 0 saturated carbocycles. The maximum Gasteiger partial charge on any atom is 0.370 e. The van der Waals surface area contributed by atoms with E-state index in [1.165, 1.54) is 12.1 Å². The molecular formula is C11H12ClN3O4. The summed E-state index contributed by atoms with van der Waals surface area (Å²) in [5, 5.41) is 14.0. The Hall–Kier alpha value is -2.15. The largest absolute Gasteiger partial charge is 0.461 e. The molecule has 0 aliphatic heterocycles. The number of anilines is 1. The van der Waals surface area contributed by atoms with Crippen LogP contribution in [0.4, 0.5) is 11.4 Å². The summed E-state index contributed by atoms with van der Waals surface area (Å²) < 4.78 is 4.61. The SMILES string of the molecule is CCOC(=O)/C(Cl)=N/Nc1ccc(C)cc1[N+](=O)[O-]. The van der Waals surface area contributed by atoms with Crippen LogP contribution in [0, 0.1) is 17.0 Å². The smallest absolute Gasteiger partial charge is 0.370 e. The van der Waals surface area contributed by atoms with Crippen molar-refractivity contribution in [2.24, 2.45) is 5.10 Å². The van der Waals surface area contributed by atoms with Gasteiger partial charge < -0.3 is 4.74 Å². The van der Waals surface area contributed by atoms with Crippen LogP contribution >= 0.6 is 11.6 Å². The molecule has 0 aliphatic carbocycles. The molecule has 0 bridgehead atoms. The van der Waals surface area contributed by atoms with Gasteiger partial charge >= 0.3 is 5.97 Å². The molecule has 0 unspecified atom stereocenters. The molecule has 0 saturated heterocycles. The van der Waals surface area contributed by atoms with Crippen molar-refractivity contribution in [2.45, 2.75) is 13.8 Å². The van der Waals surface area contributed by atoms with Gasteiger partial charge in [-0.05, 0) is 25.5 Å². The van der Waals surface area contributed by atoms with Crippen LogP contribution in [0.3, 0.4) is 0 Å². The minimum absolute atomic E-state index is 0.137. The summed E-state index contributed by atoms with van der Waals surface area (Å²) in [5.41, 5.74) is 3.09. The molecule has 8 heteroatoms. The maximum absolute atomic E-state index is 11.2. The van der Waals surface area contributed by atoms with Crippen molar-refractivity contribution in [2.75, 3.05) is 12.0 Å². The van der Waals surface area contributed by atoms with E-state index in [9.17, 15) is 14.9 Å². The minimum atomic E-state index is -0.800. The van der Waals surface area contributed by atoms with Gasteiger partial charge in [-0.15, -0.1) is 0 Å². The number of hydrogen-bond donors (Lipinski definition) is 1. The average molecular weight is 286 g/mol. The summed E-state index contributed by atoms with van der Waals surface area (Å²) in [5.74, 6) is -0.800. The standard InChI is InChI=1S/C11H12ClN3O4/c1-3-19-11(16)10(12)14-13-8-5-4-7(2)6-9(8)15(17)18/h4-6,13H,3H2,1-2H3/b14-10-. The number of hydrazone groups is 1. The summed E-state index contributed by atoms with van der Waals surface area (Å²) in [6.07, 6.45) is 0. The van der Waals surface area contributed by atoms with Crippen LogP contribution < -0.4 is 5.43 Å². The molecule has 19 heavy (non-hydrogen) atoms. The lowest BCUT2D eigenvalue weighted by Gasteiger charge is -2.04. The van der Waals surface area contributed by atoms with Gasteiger partial charge in [0.2, 0.25) is 5.17 Å². The lowest BCUT2D eigenvalue weighted by Crippen LogP contribution is -2.13. The van der Waals surface area contributed by atoms with E-state index in [0.717, 1.165) is 5.56 Å². The Labute approximate surface area is 114 Å². The normalized spacial score (nSPS) is 11.0. The quantitative estimate of drug-likeness (QED) is 0.388. The summed E-state index contributed by atoms with van der Waals surface area (Å²) >= 11 is 5.57. The average Bonchev–Trinajstić information content (AvgIpc) is 2.36. The van der Waals surface area contributed by atoms with Crippen molar-refractivity contribution < 1.29 is 14.5 Å². The highest BCUT2D eigenvalue weighted by molar-refractivity contribution is 6.82. The number of nitrogens with zero attached hydrogens (tertiary/aromatic N) is 2. The third-order valence-electron chi connectivity index (χ3n) is 2.07. The van der Waals surface area contributed by atoms with E-state index in [0.29, 0.717) is 0 Å². The predicted molar refractivity (Wildman–Crippen MR) is 71.4 cm³/mol. The van der Waals surface area contributed by atoms with E-state index >= 15 is 0 Å². The second-order valence-corrected chi connectivity index (χ2v) is 3.87. The number of carbonyl (C=O) groups excluding carboxylic acids is 1. The van der Waals surface area contributed by atoms with Crippen molar-refractivity contribution in [1.82, 2.24) is 0 Å². The number of esters is 1. The molecule has 1 aromatic carbocycles. The third-order valence-corrected chi connectivity index (χ3v) is 2.31. The second kappa shape index (κ2) is 6.69. The Bertz CT molecular complexity index is 531. The highest BCUT2D eigenvalue weighted by Crippen LogP contribution is 2.25. The Kier molecular flexibility index (Phi) is 5.25. The first-order valence-corrected chi connectivity index (χ1v) is 5.74. The number of nitrogens with one attached hydrogen (secondary N) is 1. The fourth-order valence-corrected chi connectivity index (χ4v) is 1.33. The lowest BCUT2D eigenvalue weighted by atomic mass is 10.2. The summed E-state index contributed by atoms with van der Waals surface area (Å²) in [4.78, 5) is 21.5. The van der Waals surface area contributed by atoms with E-state index < -0.39 is 16.1 Å². The number of carbonyl (C=O) groups is 1. The first-order valence-electron chi connectivity index (χ1n) is 5.37. The van der Waals surface area contributed by atoms with E-state index in [1.54, 1.807) is 19.9 Å². The number of benzene rings is 1. The Morgan fingerprint density at radius 1 is 1.58 bits per heavy atom. The molecule has 0 radical (unpaired) electrons. The van der Waals surface area contributed by atoms with E-state index in [1.807, 2.05) is 0 Å². The second-order valence-electron chi connectivity index (χ2n) is 3.51. The molecule has 0 aliphatic rings. The number of nitro groups is 1. The van der Waals surface area contributed by atoms with Crippen LogP contribution in [0.1, 0.15) is 12.5 Å². The van der Waals surface area contributed by atoms with E-state index in [2.05, 4.69) is 15.3 Å². The van der Waals surface area contributed by atoms with Gasteiger partial charge in [0.25, 0.3) is 5.69 Å². The third kappa shape index (κ3) is 4.22. The van der Waals surface area contributed by atoms with Crippen LogP contribution in [0.2, 0.25) is 0 Å². The number of aryl methyl sites for hydroxylation is 1. The van der Waals surface area contributed by atoms with Crippen LogP contribution in [-0.4, -0.2) is 22.7 Å². The number of nitro benzene ring substituents is 1. The molecule has 0 spiro atoms. The molecule has 0 aromatic heterocycles. The maximum atomic E-state index is 11.2. The van der Waals surface area contributed by atoms with Crippen molar-refractivity contribution >= 4 is 34.1 Å². The zero-order valence-corrected chi connectivity index (χ0v) is 11.1. The number of hydrogen-bond acceptors (Lipinski definition) is 6. The highest BCUT2D eigenvalue weighted by atomic mass is 35.5. The molecular weight excluding hydrogens is 274 g/mol. The molecule has 1 aromatic rings. The van der Waals surface area contributed by atoms with Gasteiger partial charge in [0.1, 0.15) is 5.69 Å². The van der Waals surface area contributed by atoms with Gasteiger partial charge in [0, 0.05) is 6.07 Å². The zero-order chi connectivity index (χ0) is 14.4. The summed E-state index contributed by atoms with van der Waals surface area (Å²) in [6.45, 7) is 3.52. The van der Waals surface area contributed by atoms with Crippen LogP contribution in [0.15, 0.2) is 23.3 Å². The summed E-state index contributed by atoms with van der Waals surface area (Å²) in [7, 11) is 0. The Morgan fingerprint density at radius 2 is 2.26 bits per heavy atom. The highest BCUT2D eigenvalue weighted by Gasteiger charge is 2.14. The minimum Gasteiger partial charge on any atom is -0.461 e. The van der Waals surface area contributed by atoms with Crippen molar-refractivity contribution in [3.8, 4) is 0 Å². The fraction of sp³-hybridized carbons (Fsp3) is 0.273. The fourth-order valence-electron chi connectivity index (χ4n) is 1.23. The van der Waals surface area contributed by atoms with Gasteiger partial charge in [0.15, 0.2) is 0 Å². The molecule has 0 amide bonds. The van der Waals surface area contributed by atoms with Crippen LogP contribution in [-0.2, 0) is 9.53 Å². The van der Waals surface area contributed by atoms with Gasteiger partial charge in [-0.25, -0.2) is 4.79 Å². The molecule has 1 N–H and O–H groups in total. The first kappa shape index (κ1) is 14.9. The molecule has 0 heterocycles. The Balaban J connectivity index is 2.91. The monoisotopic (exact) mass is 285 g/mol. The molecule has 0 atom stereocenters. The van der Waals surface area contributed by atoms with Crippen molar-refractivity contribution in [3.05, 3.63) is 33.9 Å². The topological polar surface area (TPSA) is 93.8 Å². The van der Waals surface area contributed by atoms with Crippen molar-refractivity contribution in [1.29, 1.82) is 0 Å². The number of ether oxygens (including phenoxy) is 1. The van der Waals surface area contributed by atoms with Crippen molar-refractivity contribution in [3.63, 3.8) is 0 Å². The lowest BCUT2D eigenvalue weighted by molar-refractivity contribution is -0.384. The van der Waals surface area contributed by atoms with Gasteiger partial charge in [-0.2, -0.15) is 5.10 Å². The first-order chi connectivity index (χ1) is 8.95.